The number of amides is 1. The van der Waals surface area contributed by atoms with Crippen molar-refractivity contribution < 1.29 is 14.3 Å². The molecule has 0 radical (unpaired) electrons. The molecule has 3 rings (SSSR count). The molecule has 0 saturated carbocycles. The van der Waals surface area contributed by atoms with Crippen molar-refractivity contribution in [3.05, 3.63) is 94.6 Å². The number of methoxy groups -OCH3 is 1. The highest BCUT2D eigenvalue weighted by Gasteiger charge is 2.13. The molecule has 0 unspecified atom stereocenters. The minimum absolute atomic E-state index is 0.0184. The van der Waals surface area contributed by atoms with Gasteiger partial charge in [0, 0.05) is 17.3 Å². The van der Waals surface area contributed by atoms with Crippen LogP contribution in [-0.2, 0) is 17.8 Å². The van der Waals surface area contributed by atoms with Crippen molar-refractivity contribution in [2.24, 2.45) is 0 Å². The van der Waals surface area contributed by atoms with Crippen LogP contribution in [-0.4, -0.2) is 13.0 Å². The molecule has 0 aliphatic heterocycles. The number of carbonyl (C=O) groups excluding carboxylic acids is 1. The van der Waals surface area contributed by atoms with Gasteiger partial charge in [-0.25, -0.2) is 0 Å². The fourth-order valence-corrected chi connectivity index (χ4v) is 3.18. The van der Waals surface area contributed by atoms with Crippen molar-refractivity contribution >= 4 is 17.7 Å². The molecule has 3 aromatic carbocycles. The first-order chi connectivity index (χ1) is 15.5. The van der Waals surface area contributed by atoms with Gasteiger partial charge in [0.15, 0.2) is 0 Å². The Labute approximate surface area is 188 Å². The van der Waals surface area contributed by atoms with Gasteiger partial charge in [-0.3, -0.25) is 4.79 Å². The smallest absolute Gasteiger partial charge is 0.266 e. The first-order valence-corrected chi connectivity index (χ1v) is 10.4. The average molecular weight is 427 g/mol. The highest BCUT2D eigenvalue weighted by atomic mass is 16.5. The number of hydrogen-bond acceptors (Lipinski definition) is 4. The van der Waals surface area contributed by atoms with Gasteiger partial charge >= 0.3 is 0 Å². The SMILES string of the molecule is CCc1ccc(NC(=O)/C(C#N)=C/c2ccc(OC)cc2OCc2cccc(C)c2)cc1. The Morgan fingerprint density at radius 1 is 1.06 bits per heavy atom. The number of aryl methyl sites for hydroxylation is 2. The van der Waals surface area contributed by atoms with Gasteiger partial charge in [0.2, 0.25) is 0 Å². The Hall–Kier alpha value is -4.04. The van der Waals surface area contributed by atoms with Crippen LogP contribution >= 0.6 is 0 Å². The van der Waals surface area contributed by atoms with Crippen LogP contribution in [0, 0.1) is 18.3 Å². The highest BCUT2D eigenvalue weighted by Crippen LogP contribution is 2.28. The Bertz CT molecular complexity index is 1160. The van der Waals surface area contributed by atoms with E-state index in [0.717, 1.165) is 17.5 Å². The highest BCUT2D eigenvalue weighted by molar-refractivity contribution is 6.09. The second kappa shape index (κ2) is 10.8. The molecular weight excluding hydrogens is 400 g/mol. The van der Waals surface area contributed by atoms with Crippen molar-refractivity contribution in [3.8, 4) is 17.6 Å². The van der Waals surface area contributed by atoms with Crippen LogP contribution in [0.3, 0.4) is 0 Å². The Morgan fingerprint density at radius 3 is 2.50 bits per heavy atom. The molecule has 0 saturated heterocycles. The molecule has 0 aromatic heterocycles. The molecular formula is C27H26N2O3. The molecule has 32 heavy (non-hydrogen) atoms. The lowest BCUT2D eigenvalue weighted by Gasteiger charge is -2.12. The number of ether oxygens (including phenoxy) is 2. The molecule has 0 aliphatic rings. The molecule has 0 bridgehead atoms. The van der Waals surface area contributed by atoms with Gasteiger partial charge in [0.05, 0.1) is 7.11 Å². The number of hydrogen-bond donors (Lipinski definition) is 1. The summed E-state index contributed by atoms with van der Waals surface area (Å²) >= 11 is 0. The van der Waals surface area contributed by atoms with Crippen LogP contribution in [0.1, 0.15) is 29.2 Å². The molecule has 0 heterocycles. The molecule has 0 atom stereocenters. The monoisotopic (exact) mass is 426 g/mol. The van der Waals surface area contributed by atoms with E-state index in [1.165, 1.54) is 11.6 Å². The fourth-order valence-electron chi connectivity index (χ4n) is 3.18. The summed E-state index contributed by atoms with van der Waals surface area (Å²) in [6.07, 6.45) is 2.45. The van der Waals surface area contributed by atoms with Gasteiger partial charge < -0.3 is 14.8 Å². The van der Waals surface area contributed by atoms with E-state index in [9.17, 15) is 10.1 Å². The Morgan fingerprint density at radius 2 is 1.84 bits per heavy atom. The van der Waals surface area contributed by atoms with Crippen molar-refractivity contribution in [1.82, 2.24) is 0 Å². The fraction of sp³-hybridized carbons (Fsp3) is 0.185. The molecule has 1 N–H and O–H groups in total. The van der Waals surface area contributed by atoms with Gasteiger partial charge in [0.25, 0.3) is 5.91 Å². The summed E-state index contributed by atoms with van der Waals surface area (Å²) in [4.78, 5) is 12.7. The van der Waals surface area contributed by atoms with Gasteiger partial charge in [-0.2, -0.15) is 5.26 Å². The second-order valence-electron chi connectivity index (χ2n) is 7.36. The first-order valence-electron chi connectivity index (χ1n) is 10.4. The zero-order chi connectivity index (χ0) is 22.9. The number of carbonyl (C=O) groups is 1. The Balaban J connectivity index is 1.83. The van der Waals surface area contributed by atoms with E-state index in [4.69, 9.17) is 9.47 Å². The van der Waals surface area contributed by atoms with E-state index in [2.05, 4.69) is 12.2 Å². The lowest BCUT2D eigenvalue weighted by atomic mass is 10.1. The van der Waals surface area contributed by atoms with E-state index in [0.29, 0.717) is 29.4 Å². The van der Waals surface area contributed by atoms with Gasteiger partial charge in [-0.15, -0.1) is 0 Å². The largest absolute Gasteiger partial charge is 0.497 e. The van der Waals surface area contributed by atoms with E-state index < -0.39 is 5.91 Å². The predicted molar refractivity (Wildman–Crippen MR) is 127 cm³/mol. The van der Waals surface area contributed by atoms with E-state index >= 15 is 0 Å². The summed E-state index contributed by atoms with van der Waals surface area (Å²) in [6, 6.07) is 22.9. The minimum atomic E-state index is -0.475. The minimum Gasteiger partial charge on any atom is -0.497 e. The standard InChI is InChI=1S/C27H26N2O3/c1-4-20-8-11-24(12-9-20)29-27(30)23(17-28)15-22-10-13-25(31-3)16-26(22)32-18-21-7-5-6-19(2)14-21/h5-16H,4,18H2,1-3H3,(H,29,30)/b23-15+. The number of anilines is 1. The van der Waals surface area contributed by atoms with Crippen molar-refractivity contribution in [1.29, 1.82) is 5.26 Å². The second-order valence-corrected chi connectivity index (χ2v) is 7.36. The number of nitrogens with one attached hydrogen (secondary N) is 1. The molecule has 5 heteroatoms. The predicted octanol–water partition coefficient (Wildman–Crippen LogP) is 5.69. The maximum Gasteiger partial charge on any atom is 0.266 e. The molecule has 0 fully saturated rings. The zero-order valence-electron chi connectivity index (χ0n) is 18.5. The van der Waals surface area contributed by atoms with E-state index in [-0.39, 0.29) is 5.57 Å². The Kier molecular flexibility index (Phi) is 7.66. The topological polar surface area (TPSA) is 71.4 Å². The van der Waals surface area contributed by atoms with Crippen molar-refractivity contribution in [2.75, 3.05) is 12.4 Å². The molecule has 5 nitrogen and oxygen atoms in total. The third kappa shape index (κ3) is 5.99. The normalized spacial score (nSPS) is 10.9. The van der Waals surface area contributed by atoms with Crippen LogP contribution in [0.4, 0.5) is 5.69 Å². The van der Waals surface area contributed by atoms with E-state index in [1.54, 1.807) is 25.3 Å². The number of nitriles is 1. The maximum atomic E-state index is 12.7. The van der Waals surface area contributed by atoms with Crippen LogP contribution in [0.15, 0.2) is 72.3 Å². The number of rotatable bonds is 8. The molecule has 162 valence electrons. The maximum absolute atomic E-state index is 12.7. The van der Waals surface area contributed by atoms with Gasteiger partial charge in [-0.1, -0.05) is 48.9 Å². The van der Waals surface area contributed by atoms with Gasteiger partial charge in [-0.05, 0) is 54.8 Å². The third-order valence-corrected chi connectivity index (χ3v) is 4.98. The molecule has 0 spiro atoms. The van der Waals surface area contributed by atoms with Crippen LogP contribution < -0.4 is 14.8 Å². The number of benzene rings is 3. The van der Waals surface area contributed by atoms with Crippen molar-refractivity contribution in [3.63, 3.8) is 0 Å². The van der Waals surface area contributed by atoms with Crippen LogP contribution in [0.25, 0.3) is 6.08 Å². The lowest BCUT2D eigenvalue weighted by Crippen LogP contribution is -2.13. The zero-order valence-corrected chi connectivity index (χ0v) is 18.5. The van der Waals surface area contributed by atoms with Crippen LogP contribution in [0.2, 0.25) is 0 Å². The van der Waals surface area contributed by atoms with Crippen LogP contribution in [0.5, 0.6) is 11.5 Å². The lowest BCUT2D eigenvalue weighted by molar-refractivity contribution is -0.112. The summed E-state index contributed by atoms with van der Waals surface area (Å²) in [5.74, 6) is 0.677. The molecule has 3 aromatic rings. The summed E-state index contributed by atoms with van der Waals surface area (Å²) in [6.45, 7) is 4.45. The third-order valence-electron chi connectivity index (χ3n) is 4.98. The average Bonchev–Trinajstić information content (AvgIpc) is 2.82. The quantitative estimate of drug-likeness (QED) is 0.371. The summed E-state index contributed by atoms with van der Waals surface area (Å²) in [5, 5.41) is 12.4. The van der Waals surface area contributed by atoms with Crippen molar-refractivity contribution in [2.45, 2.75) is 26.9 Å². The first kappa shape index (κ1) is 22.6. The summed E-state index contributed by atoms with van der Waals surface area (Å²) < 4.78 is 11.3. The van der Waals surface area contributed by atoms with Gasteiger partial charge in [0.1, 0.15) is 29.7 Å². The molecule has 0 aliphatic carbocycles. The number of nitrogens with zero attached hydrogens (tertiary/aromatic N) is 1. The summed E-state index contributed by atoms with van der Waals surface area (Å²) in [5.41, 5.74) is 4.58. The summed E-state index contributed by atoms with van der Waals surface area (Å²) in [7, 11) is 1.58. The molecule has 1 amide bonds. The van der Waals surface area contributed by atoms with E-state index in [1.807, 2.05) is 61.5 Å².